The molecule has 38 heavy (non-hydrogen) atoms. The first kappa shape index (κ1) is 30.8. The van der Waals surface area contributed by atoms with Gasteiger partial charge in [-0.15, -0.1) is 0 Å². The number of aryl methyl sites for hydroxylation is 1. The van der Waals surface area contributed by atoms with Crippen molar-refractivity contribution in [2.75, 3.05) is 27.4 Å². The van der Waals surface area contributed by atoms with Gasteiger partial charge in [0.1, 0.15) is 12.7 Å². The van der Waals surface area contributed by atoms with E-state index in [4.69, 9.17) is 37.9 Å². The third kappa shape index (κ3) is 9.49. The second kappa shape index (κ2) is 15.1. The first-order chi connectivity index (χ1) is 18.0. The fraction of sp³-hybridized carbons (Fsp3) is 0.615. The third-order valence-corrected chi connectivity index (χ3v) is 5.54. The molecule has 2 rings (SSSR count). The van der Waals surface area contributed by atoms with E-state index in [2.05, 4.69) is 0 Å². The highest BCUT2D eigenvalue weighted by atomic mass is 16.7. The van der Waals surface area contributed by atoms with E-state index in [1.54, 1.807) is 14.2 Å². The van der Waals surface area contributed by atoms with E-state index in [1.807, 2.05) is 18.2 Å². The van der Waals surface area contributed by atoms with Crippen LogP contribution in [0, 0.1) is 0 Å². The molecule has 1 saturated heterocycles. The molecule has 1 fully saturated rings. The average Bonchev–Trinajstić information content (AvgIpc) is 2.84. The summed E-state index contributed by atoms with van der Waals surface area (Å²) in [6.45, 7) is 4.61. The van der Waals surface area contributed by atoms with Crippen LogP contribution in [0.3, 0.4) is 0 Å². The molecular weight excluding hydrogens is 504 g/mol. The van der Waals surface area contributed by atoms with Gasteiger partial charge in [-0.1, -0.05) is 6.07 Å². The van der Waals surface area contributed by atoms with Crippen molar-refractivity contribution >= 4 is 23.9 Å². The molecule has 12 heteroatoms. The van der Waals surface area contributed by atoms with E-state index in [9.17, 15) is 19.2 Å². The smallest absolute Gasteiger partial charge is 0.303 e. The lowest BCUT2D eigenvalue weighted by Gasteiger charge is -2.44. The summed E-state index contributed by atoms with van der Waals surface area (Å²) in [7, 11) is 3.14. The molecule has 1 aromatic carbocycles. The molecule has 212 valence electrons. The molecule has 0 aromatic heterocycles. The Bertz CT molecular complexity index is 962. The van der Waals surface area contributed by atoms with E-state index in [-0.39, 0.29) is 13.2 Å². The van der Waals surface area contributed by atoms with Gasteiger partial charge in [0.2, 0.25) is 0 Å². The summed E-state index contributed by atoms with van der Waals surface area (Å²) in [6.07, 6.45) is -3.84. The topological polar surface area (TPSA) is 142 Å². The van der Waals surface area contributed by atoms with E-state index >= 15 is 0 Å². The normalized spacial score (nSPS) is 22.6. The Hall–Kier alpha value is -3.38. The number of carbonyl (C=O) groups excluding carboxylic acids is 4. The van der Waals surface area contributed by atoms with Crippen LogP contribution >= 0.6 is 0 Å². The second-order valence-corrected chi connectivity index (χ2v) is 8.58. The number of ether oxygens (including phenoxy) is 8. The van der Waals surface area contributed by atoms with Gasteiger partial charge in [0.15, 0.2) is 36.1 Å². The van der Waals surface area contributed by atoms with Gasteiger partial charge < -0.3 is 37.9 Å². The maximum absolute atomic E-state index is 11.9. The minimum absolute atomic E-state index is 0.209. The molecular formula is C26H36O12. The van der Waals surface area contributed by atoms with Gasteiger partial charge in [0, 0.05) is 34.3 Å². The Kier molecular flexibility index (Phi) is 12.3. The second-order valence-electron chi connectivity index (χ2n) is 8.58. The third-order valence-electron chi connectivity index (χ3n) is 5.54. The summed E-state index contributed by atoms with van der Waals surface area (Å²) in [5.74, 6) is -1.39. The van der Waals surface area contributed by atoms with Gasteiger partial charge in [0.05, 0.1) is 14.2 Å². The van der Waals surface area contributed by atoms with Crippen LogP contribution in [-0.2, 0) is 54.0 Å². The molecule has 5 unspecified atom stereocenters. The molecule has 0 amide bonds. The molecule has 1 aliphatic heterocycles. The average molecular weight is 541 g/mol. The summed E-state index contributed by atoms with van der Waals surface area (Å²) in [5.41, 5.74) is 1.05. The predicted molar refractivity (Wildman–Crippen MR) is 130 cm³/mol. The van der Waals surface area contributed by atoms with Gasteiger partial charge in [0.25, 0.3) is 0 Å². The number of hydrogen-bond acceptors (Lipinski definition) is 12. The number of benzene rings is 1. The van der Waals surface area contributed by atoms with Crippen molar-refractivity contribution in [1.82, 2.24) is 0 Å². The Morgan fingerprint density at radius 1 is 0.763 bits per heavy atom. The molecule has 0 radical (unpaired) electrons. The summed E-state index contributed by atoms with van der Waals surface area (Å²) in [5, 5.41) is 0. The summed E-state index contributed by atoms with van der Waals surface area (Å²) in [4.78, 5) is 47.0. The summed E-state index contributed by atoms with van der Waals surface area (Å²) < 4.78 is 43.6. The number of esters is 4. The number of unbranched alkanes of at least 4 members (excludes halogenated alkanes) is 1. The first-order valence-electron chi connectivity index (χ1n) is 12.2. The predicted octanol–water partition coefficient (Wildman–Crippen LogP) is 2.13. The van der Waals surface area contributed by atoms with Gasteiger partial charge in [-0.3, -0.25) is 19.2 Å². The van der Waals surface area contributed by atoms with Gasteiger partial charge in [-0.25, -0.2) is 0 Å². The zero-order chi connectivity index (χ0) is 28.2. The quantitative estimate of drug-likeness (QED) is 0.205. The first-order valence-corrected chi connectivity index (χ1v) is 12.2. The van der Waals surface area contributed by atoms with Crippen LogP contribution in [0.4, 0.5) is 0 Å². The van der Waals surface area contributed by atoms with Gasteiger partial charge in [-0.05, 0) is 37.0 Å². The standard InChI is InChI=1S/C26H36O12/c1-15(27)34-14-22-23(35-16(2)28)24(36-17(3)29)25(37-18(4)30)26(38-22)33-12-8-7-9-19-10-11-20(31-5)21(13-19)32-6/h10-11,13,22-26H,7-9,12,14H2,1-6H3. The van der Waals surface area contributed by atoms with Crippen LogP contribution < -0.4 is 9.47 Å². The largest absolute Gasteiger partial charge is 0.493 e. The Labute approximate surface area is 221 Å². The lowest BCUT2D eigenvalue weighted by molar-refractivity contribution is -0.308. The van der Waals surface area contributed by atoms with E-state index in [0.717, 1.165) is 32.3 Å². The van der Waals surface area contributed by atoms with Gasteiger partial charge >= 0.3 is 23.9 Å². The van der Waals surface area contributed by atoms with E-state index < -0.39 is 54.6 Å². The molecule has 5 atom stereocenters. The molecule has 0 N–H and O–H groups in total. The number of rotatable bonds is 13. The highest BCUT2D eigenvalue weighted by Gasteiger charge is 2.52. The number of carbonyl (C=O) groups is 4. The lowest BCUT2D eigenvalue weighted by atomic mass is 9.98. The minimum Gasteiger partial charge on any atom is -0.493 e. The van der Waals surface area contributed by atoms with Crippen molar-refractivity contribution in [3.8, 4) is 11.5 Å². The minimum atomic E-state index is -1.26. The maximum atomic E-state index is 11.9. The van der Waals surface area contributed by atoms with Crippen molar-refractivity contribution in [2.24, 2.45) is 0 Å². The Balaban J connectivity index is 2.13. The summed E-state index contributed by atoms with van der Waals surface area (Å²) in [6, 6.07) is 5.68. The monoisotopic (exact) mass is 540 g/mol. The highest BCUT2D eigenvalue weighted by molar-refractivity contribution is 5.68. The van der Waals surface area contributed by atoms with Crippen LogP contribution in [0.2, 0.25) is 0 Å². The zero-order valence-electron chi connectivity index (χ0n) is 22.6. The molecule has 0 saturated carbocycles. The highest BCUT2D eigenvalue weighted by Crippen LogP contribution is 2.31. The molecule has 0 bridgehead atoms. The Morgan fingerprint density at radius 2 is 1.37 bits per heavy atom. The lowest BCUT2D eigenvalue weighted by Crippen LogP contribution is -2.63. The van der Waals surface area contributed by atoms with Crippen LogP contribution in [0.5, 0.6) is 11.5 Å². The number of methoxy groups -OCH3 is 2. The molecule has 12 nitrogen and oxygen atoms in total. The van der Waals surface area contributed by atoms with Crippen LogP contribution in [0.25, 0.3) is 0 Å². The molecule has 1 heterocycles. The van der Waals surface area contributed by atoms with Crippen molar-refractivity contribution in [3.63, 3.8) is 0 Å². The summed E-state index contributed by atoms with van der Waals surface area (Å²) >= 11 is 0. The van der Waals surface area contributed by atoms with Crippen LogP contribution in [0.1, 0.15) is 46.1 Å². The fourth-order valence-electron chi connectivity index (χ4n) is 3.99. The van der Waals surface area contributed by atoms with Gasteiger partial charge in [-0.2, -0.15) is 0 Å². The molecule has 0 aliphatic carbocycles. The Morgan fingerprint density at radius 3 is 1.95 bits per heavy atom. The zero-order valence-corrected chi connectivity index (χ0v) is 22.6. The van der Waals surface area contributed by atoms with Crippen LogP contribution in [0.15, 0.2) is 18.2 Å². The van der Waals surface area contributed by atoms with Crippen molar-refractivity contribution in [2.45, 2.75) is 77.7 Å². The van der Waals surface area contributed by atoms with E-state index in [1.165, 1.54) is 13.8 Å². The van der Waals surface area contributed by atoms with E-state index in [0.29, 0.717) is 17.9 Å². The number of hydrogen-bond donors (Lipinski definition) is 0. The molecule has 1 aromatic rings. The molecule has 0 spiro atoms. The van der Waals surface area contributed by atoms with Crippen molar-refractivity contribution < 1.29 is 57.1 Å². The SMILES string of the molecule is COc1ccc(CCCCOC2OC(COC(C)=O)C(OC(C)=O)C(OC(C)=O)C2OC(C)=O)cc1OC. The fourth-order valence-corrected chi connectivity index (χ4v) is 3.99. The maximum Gasteiger partial charge on any atom is 0.303 e. The van der Waals surface area contributed by atoms with Crippen molar-refractivity contribution in [1.29, 1.82) is 0 Å². The molecule has 1 aliphatic rings. The van der Waals surface area contributed by atoms with Crippen LogP contribution in [-0.4, -0.2) is 82.0 Å². The van der Waals surface area contributed by atoms with Crippen molar-refractivity contribution in [3.05, 3.63) is 23.8 Å².